The van der Waals surface area contributed by atoms with Crippen LogP contribution in [0.2, 0.25) is 0 Å². The van der Waals surface area contributed by atoms with Crippen LogP contribution in [0.15, 0.2) is 54.6 Å². The smallest absolute Gasteiger partial charge is 0.258 e. The second-order valence-corrected chi connectivity index (χ2v) is 6.30. The number of ether oxygens (including phenoxy) is 1. The van der Waals surface area contributed by atoms with Gasteiger partial charge in [-0.05, 0) is 37.1 Å². The van der Waals surface area contributed by atoms with E-state index < -0.39 is 6.04 Å². The number of benzene rings is 2. The predicted octanol–water partition coefficient (Wildman–Crippen LogP) is 2.02. The maximum atomic E-state index is 12.1. The molecule has 2 aromatic carbocycles. The Morgan fingerprint density at radius 2 is 1.59 bits per heavy atom. The van der Waals surface area contributed by atoms with Gasteiger partial charge in [-0.2, -0.15) is 0 Å². The molecule has 2 N–H and O–H groups in total. The molecule has 0 saturated carbocycles. The van der Waals surface area contributed by atoms with E-state index in [9.17, 15) is 14.4 Å². The van der Waals surface area contributed by atoms with Crippen LogP contribution in [0, 0.1) is 0 Å². The van der Waals surface area contributed by atoms with Crippen LogP contribution in [-0.2, 0) is 27.3 Å². The number of para-hydroxylation sites is 1. The topological polar surface area (TPSA) is 84.5 Å². The third kappa shape index (κ3) is 7.32. The summed E-state index contributed by atoms with van der Waals surface area (Å²) in [5, 5.41) is 5.38. The molecule has 2 rings (SSSR count). The van der Waals surface area contributed by atoms with Crippen molar-refractivity contribution in [2.75, 3.05) is 6.61 Å². The lowest BCUT2D eigenvalue weighted by molar-refractivity contribution is -0.129. The Morgan fingerprint density at radius 1 is 0.963 bits per heavy atom. The first-order chi connectivity index (χ1) is 12.9. The molecule has 0 fully saturated rings. The molecular weight excluding hydrogens is 344 g/mol. The first-order valence-electron chi connectivity index (χ1n) is 8.76. The van der Waals surface area contributed by atoms with Crippen molar-refractivity contribution < 1.29 is 19.1 Å². The van der Waals surface area contributed by atoms with Gasteiger partial charge in [-0.3, -0.25) is 14.4 Å². The van der Waals surface area contributed by atoms with Crippen molar-refractivity contribution in [1.82, 2.24) is 10.6 Å². The highest BCUT2D eigenvalue weighted by Crippen LogP contribution is 2.08. The Morgan fingerprint density at radius 3 is 2.22 bits per heavy atom. The normalized spacial score (nSPS) is 11.3. The van der Waals surface area contributed by atoms with Crippen molar-refractivity contribution in [2.24, 2.45) is 0 Å². The summed E-state index contributed by atoms with van der Waals surface area (Å²) in [5.41, 5.74) is 1.86. The quantitative estimate of drug-likeness (QED) is 0.709. The zero-order valence-electron chi connectivity index (χ0n) is 15.5. The molecule has 0 aliphatic rings. The molecule has 27 heavy (non-hydrogen) atoms. The highest BCUT2D eigenvalue weighted by Gasteiger charge is 2.15. The van der Waals surface area contributed by atoms with E-state index in [1.165, 1.54) is 0 Å². The summed E-state index contributed by atoms with van der Waals surface area (Å²) in [6.45, 7) is 3.36. The minimum absolute atomic E-state index is 0.108. The average molecular weight is 368 g/mol. The molecule has 0 spiro atoms. The molecule has 2 amide bonds. The SMILES string of the molecule is CC(=O)Cc1ccc(CNC(=O)C(C)NC(=O)COc2ccccc2)cc1. The Labute approximate surface area is 158 Å². The van der Waals surface area contributed by atoms with Gasteiger partial charge in [0.2, 0.25) is 5.91 Å². The summed E-state index contributed by atoms with van der Waals surface area (Å²) in [4.78, 5) is 35.1. The zero-order chi connectivity index (χ0) is 19.6. The lowest BCUT2D eigenvalue weighted by atomic mass is 10.1. The van der Waals surface area contributed by atoms with Crippen molar-refractivity contribution in [3.05, 3.63) is 65.7 Å². The number of hydrogen-bond acceptors (Lipinski definition) is 4. The van der Waals surface area contributed by atoms with Crippen LogP contribution in [0.25, 0.3) is 0 Å². The minimum Gasteiger partial charge on any atom is -0.484 e. The molecule has 0 aromatic heterocycles. The highest BCUT2D eigenvalue weighted by atomic mass is 16.5. The van der Waals surface area contributed by atoms with E-state index in [-0.39, 0.29) is 24.2 Å². The number of hydrogen-bond donors (Lipinski definition) is 2. The molecule has 0 heterocycles. The average Bonchev–Trinajstić information content (AvgIpc) is 2.66. The largest absolute Gasteiger partial charge is 0.484 e. The van der Waals surface area contributed by atoms with Gasteiger partial charge in [-0.25, -0.2) is 0 Å². The lowest BCUT2D eigenvalue weighted by Gasteiger charge is -2.14. The monoisotopic (exact) mass is 368 g/mol. The van der Waals surface area contributed by atoms with E-state index in [2.05, 4.69) is 10.6 Å². The Bertz CT molecular complexity index is 773. The molecule has 6 heteroatoms. The zero-order valence-corrected chi connectivity index (χ0v) is 15.5. The molecule has 0 aliphatic carbocycles. The minimum atomic E-state index is -0.672. The first kappa shape index (κ1) is 20.2. The summed E-state index contributed by atoms with van der Waals surface area (Å²) in [5.74, 6) is 0.0563. The molecular formula is C21H24N2O4. The third-order valence-corrected chi connectivity index (χ3v) is 3.83. The van der Waals surface area contributed by atoms with Crippen LogP contribution in [-0.4, -0.2) is 30.2 Å². The van der Waals surface area contributed by atoms with Crippen LogP contribution in [0.5, 0.6) is 5.75 Å². The number of nitrogens with one attached hydrogen (secondary N) is 2. The van der Waals surface area contributed by atoms with Crippen molar-refractivity contribution in [3.63, 3.8) is 0 Å². The van der Waals surface area contributed by atoms with Crippen LogP contribution in [0.3, 0.4) is 0 Å². The maximum Gasteiger partial charge on any atom is 0.258 e. The number of carbonyl (C=O) groups is 3. The van der Waals surface area contributed by atoms with Crippen molar-refractivity contribution in [1.29, 1.82) is 0 Å². The van der Waals surface area contributed by atoms with E-state index in [0.29, 0.717) is 18.7 Å². The second kappa shape index (κ2) is 10.1. The van der Waals surface area contributed by atoms with Gasteiger partial charge in [0.15, 0.2) is 6.61 Å². The third-order valence-electron chi connectivity index (χ3n) is 3.83. The number of rotatable bonds is 9. The molecule has 142 valence electrons. The van der Waals surface area contributed by atoms with Gasteiger partial charge in [-0.1, -0.05) is 42.5 Å². The van der Waals surface area contributed by atoms with E-state index in [1.807, 2.05) is 42.5 Å². The van der Waals surface area contributed by atoms with Crippen LogP contribution in [0.1, 0.15) is 25.0 Å². The van der Waals surface area contributed by atoms with E-state index in [0.717, 1.165) is 11.1 Å². The number of Topliss-reactive ketones (excluding diaryl/α,β-unsaturated/α-hetero) is 1. The van der Waals surface area contributed by atoms with Gasteiger partial charge in [0.05, 0.1) is 0 Å². The Balaban J connectivity index is 1.73. The van der Waals surface area contributed by atoms with E-state index in [4.69, 9.17) is 4.74 Å². The van der Waals surface area contributed by atoms with Crippen molar-refractivity contribution >= 4 is 17.6 Å². The second-order valence-electron chi connectivity index (χ2n) is 6.30. The van der Waals surface area contributed by atoms with Crippen LogP contribution < -0.4 is 15.4 Å². The number of amides is 2. The molecule has 0 saturated heterocycles. The number of carbonyl (C=O) groups excluding carboxylic acids is 3. The molecule has 6 nitrogen and oxygen atoms in total. The number of ketones is 1. The van der Waals surface area contributed by atoms with E-state index >= 15 is 0 Å². The van der Waals surface area contributed by atoms with Gasteiger partial charge in [0.1, 0.15) is 17.6 Å². The fraction of sp³-hybridized carbons (Fsp3) is 0.286. The van der Waals surface area contributed by atoms with Gasteiger partial charge >= 0.3 is 0 Å². The fourth-order valence-corrected chi connectivity index (χ4v) is 2.42. The first-order valence-corrected chi connectivity index (χ1v) is 8.76. The van der Waals surface area contributed by atoms with Crippen molar-refractivity contribution in [2.45, 2.75) is 32.9 Å². The summed E-state index contributed by atoms with van der Waals surface area (Å²) < 4.78 is 5.35. The predicted molar refractivity (Wildman–Crippen MR) is 102 cm³/mol. The van der Waals surface area contributed by atoms with E-state index in [1.54, 1.807) is 26.0 Å². The maximum absolute atomic E-state index is 12.1. The lowest BCUT2D eigenvalue weighted by Crippen LogP contribution is -2.46. The molecule has 1 atom stereocenters. The molecule has 1 unspecified atom stereocenters. The summed E-state index contributed by atoms with van der Waals surface area (Å²) >= 11 is 0. The molecule has 0 aliphatic heterocycles. The van der Waals surface area contributed by atoms with Gasteiger partial charge in [0.25, 0.3) is 5.91 Å². The molecule has 2 aromatic rings. The fourth-order valence-electron chi connectivity index (χ4n) is 2.42. The van der Waals surface area contributed by atoms with Gasteiger partial charge < -0.3 is 15.4 Å². The standard InChI is InChI=1S/C21H24N2O4/c1-15(24)12-17-8-10-18(11-9-17)13-22-21(26)16(2)23-20(25)14-27-19-6-4-3-5-7-19/h3-11,16H,12-14H2,1-2H3,(H,22,26)(H,23,25). The molecule has 0 bridgehead atoms. The Kier molecular flexibility index (Phi) is 7.55. The highest BCUT2D eigenvalue weighted by molar-refractivity contribution is 5.87. The summed E-state index contributed by atoms with van der Waals surface area (Å²) in [6, 6.07) is 15.8. The summed E-state index contributed by atoms with van der Waals surface area (Å²) in [6.07, 6.45) is 0.404. The van der Waals surface area contributed by atoms with Gasteiger partial charge in [0, 0.05) is 13.0 Å². The van der Waals surface area contributed by atoms with Gasteiger partial charge in [-0.15, -0.1) is 0 Å². The summed E-state index contributed by atoms with van der Waals surface area (Å²) in [7, 11) is 0. The van der Waals surface area contributed by atoms with Crippen molar-refractivity contribution in [3.8, 4) is 5.75 Å². The molecule has 0 radical (unpaired) electrons. The van der Waals surface area contributed by atoms with Crippen LogP contribution >= 0.6 is 0 Å². The Hall–Kier alpha value is -3.15. The van der Waals surface area contributed by atoms with Crippen LogP contribution in [0.4, 0.5) is 0 Å².